The van der Waals surface area contributed by atoms with Crippen LogP contribution < -0.4 is 5.32 Å². The van der Waals surface area contributed by atoms with Crippen LogP contribution in [-0.4, -0.2) is 6.54 Å². The molecule has 0 bridgehead atoms. The van der Waals surface area contributed by atoms with Gasteiger partial charge in [-0.2, -0.15) is 0 Å². The number of halogens is 3. The predicted molar refractivity (Wildman–Crippen MR) is 88.6 cm³/mol. The lowest BCUT2D eigenvalue weighted by atomic mass is 10.0. The third-order valence-corrected chi connectivity index (χ3v) is 5.22. The van der Waals surface area contributed by atoms with E-state index in [0.29, 0.717) is 0 Å². The van der Waals surface area contributed by atoms with E-state index in [1.807, 2.05) is 18.2 Å². The molecule has 0 amide bonds. The summed E-state index contributed by atoms with van der Waals surface area (Å²) in [5.41, 5.74) is 1.07. The van der Waals surface area contributed by atoms with Gasteiger partial charge in [0.25, 0.3) is 0 Å². The van der Waals surface area contributed by atoms with Crippen molar-refractivity contribution in [3.05, 3.63) is 54.6 Å². The van der Waals surface area contributed by atoms with Crippen molar-refractivity contribution >= 4 is 50.5 Å². The first-order valence-electron chi connectivity index (χ1n) is 6.01. The van der Waals surface area contributed by atoms with Crippen molar-refractivity contribution in [2.75, 3.05) is 6.54 Å². The fraction of sp³-hybridized carbons (Fsp3) is 0.286. The summed E-state index contributed by atoms with van der Waals surface area (Å²) in [5.74, 6) is 0. The molecule has 1 N–H and O–H groups in total. The molecule has 1 unspecified atom stereocenters. The molecule has 1 heterocycles. The van der Waals surface area contributed by atoms with Gasteiger partial charge in [-0.25, -0.2) is 0 Å². The van der Waals surface area contributed by atoms with Crippen molar-refractivity contribution in [2.45, 2.75) is 19.4 Å². The molecule has 0 fully saturated rings. The molecule has 2 aromatic rings. The Morgan fingerprint density at radius 1 is 1.32 bits per heavy atom. The van der Waals surface area contributed by atoms with Crippen molar-refractivity contribution in [1.82, 2.24) is 5.32 Å². The van der Waals surface area contributed by atoms with Crippen LogP contribution in [0.15, 0.2) is 34.1 Å². The van der Waals surface area contributed by atoms with E-state index in [2.05, 4.69) is 39.6 Å². The Hall–Kier alpha value is -0.0600. The van der Waals surface area contributed by atoms with Gasteiger partial charge in [0.15, 0.2) is 0 Å². The molecular formula is C14H14BrCl2NS. The van der Waals surface area contributed by atoms with E-state index in [-0.39, 0.29) is 6.04 Å². The highest BCUT2D eigenvalue weighted by atomic mass is 79.9. The van der Waals surface area contributed by atoms with Crippen LogP contribution in [0.4, 0.5) is 0 Å². The Morgan fingerprint density at radius 3 is 2.74 bits per heavy atom. The van der Waals surface area contributed by atoms with Crippen LogP contribution in [0.25, 0.3) is 0 Å². The summed E-state index contributed by atoms with van der Waals surface area (Å²) in [6.07, 6.45) is 0.834. The maximum Gasteiger partial charge on any atom is 0.0456 e. The number of thiophene rings is 1. The standard InChI is InChI=1S/C14H14BrCl2NS/c1-2-18-13(14-7-10(15)8-19-14)6-9-5-11(16)3-4-12(9)17/h3-5,7-8,13,18H,2,6H2,1H3. The van der Waals surface area contributed by atoms with Gasteiger partial charge in [0.05, 0.1) is 0 Å². The van der Waals surface area contributed by atoms with E-state index in [0.717, 1.165) is 33.0 Å². The highest BCUT2D eigenvalue weighted by Crippen LogP contribution is 2.30. The van der Waals surface area contributed by atoms with Gasteiger partial charge in [-0.15, -0.1) is 11.3 Å². The Morgan fingerprint density at radius 2 is 2.11 bits per heavy atom. The molecule has 1 nitrogen and oxygen atoms in total. The molecule has 1 atom stereocenters. The second kappa shape index (κ2) is 7.09. The molecule has 0 aliphatic carbocycles. The molecule has 0 aliphatic rings. The van der Waals surface area contributed by atoms with E-state index in [1.54, 1.807) is 11.3 Å². The molecule has 0 radical (unpaired) electrons. The summed E-state index contributed by atoms with van der Waals surface area (Å²) in [6, 6.07) is 8.02. The van der Waals surface area contributed by atoms with E-state index in [4.69, 9.17) is 23.2 Å². The molecular weight excluding hydrogens is 365 g/mol. The highest BCUT2D eigenvalue weighted by Gasteiger charge is 2.15. The van der Waals surface area contributed by atoms with Gasteiger partial charge in [-0.1, -0.05) is 30.1 Å². The summed E-state index contributed by atoms with van der Waals surface area (Å²) in [7, 11) is 0. The zero-order valence-corrected chi connectivity index (χ0v) is 14.3. The lowest BCUT2D eigenvalue weighted by Crippen LogP contribution is -2.22. The third kappa shape index (κ3) is 4.20. The Kier molecular flexibility index (Phi) is 5.72. The Bertz CT molecular complexity index is 556. The van der Waals surface area contributed by atoms with Gasteiger partial charge in [0.2, 0.25) is 0 Å². The van der Waals surface area contributed by atoms with Crippen LogP contribution in [0, 0.1) is 0 Å². The Labute approximate surface area is 136 Å². The maximum atomic E-state index is 6.24. The maximum absolute atomic E-state index is 6.24. The number of likely N-dealkylation sites (N-methyl/N-ethyl adjacent to an activating group) is 1. The van der Waals surface area contributed by atoms with Crippen LogP contribution in [0.3, 0.4) is 0 Å². The first kappa shape index (κ1) is 15.3. The third-order valence-electron chi connectivity index (χ3n) is 2.81. The van der Waals surface area contributed by atoms with Crippen molar-refractivity contribution in [2.24, 2.45) is 0 Å². The summed E-state index contributed by atoms with van der Waals surface area (Å²) >= 11 is 17.5. The molecule has 0 aliphatic heterocycles. The van der Waals surface area contributed by atoms with Gasteiger partial charge in [0.1, 0.15) is 0 Å². The average Bonchev–Trinajstić information content (AvgIpc) is 2.80. The zero-order valence-electron chi connectivity index (χ0n) is 10.4. The lowest BCUT2D eigenvalue weighted by Gasteiger charge is -2.17. The van der Waals surface area contributed by atoms with Gasteiger partial charge >= 0.3 is 0 Å². The van der Waals surface area contributed by atoms with Crippen molar-refractivity contribution in [3.63, 3.8) is 0 Å². The first-order valence-corrected chi connectivity index (χ1v) is 8.44. The largest absolute Gasteiger partial charge is 0.309 e. The van der Waals surface area contributed by atoms with Crippen LogP contribution >= 0.6 is 50.5 Å². The van der Waals surface area contributed by atoms with Gasteiger partial charge in [-0.05, 0) is 58.7 Å². The zero-order chi connectivity index (χ0) is 13.8. The summed E-state index contributed by atoms with van der Waals surface area (Å²) in [6.45, 7) is 3.02. The minimum absolute atomic E-state index is 0.261. The first-order chi connectivity index (χ1) is 9.10. The topological polar surface area (TPSA) is 12.0 Å². The molecule has 2 rings (SSSR count). The van der Waals surface area contributed by atoms with Gasteiger partial charge < -0.3 is 5.32 Å². The second-order valence-electron chi connectivity index (χ2n) is 4.22. The number of hydrogen-bond donors (Lipinski definition) is 1. The average molecular weight is 379 g/mol. The highest BCUT2D eigenvalue weighted by molar-refractivity contribution is 9.10. The number of nitrogens with one attached hydrogen (secondary N) is 1. The molecule has 0 saturated heterocycles. The van der Waals surface area contributed by atoms with Crippen LogP contribution in [0.5, 0.6) is 0 Å². The minimum atomic E-state index is 0.261. The molecule has 1 aromatic carbocycles. The summed E-state index contributed by atoms with van der Waals surface area (Å²) in [5, 5.41) is 7.08. The smallest absolute Gasteiger partial charge is 0.0456 e. The SMILES string of the molecule is CCNC(Cc1cc(Cl)ccc1Cl)c1cc(Br)cs1. The number of benzene rings is 1. The van der Waals surface area contributed by atoms with E-state index in [1.165, 1.54) is 4.88 Å². The quantitative estimate of drug-likeness (QED) is 0.702. The van der Waals surface area contributed by atoms with Crippen LogP contribution in [0.2, 0.25) is 10.0 Å². The fourth-order valence-corrected chi connectivity index (χ4v) is 3.86. The van der Waals surface area contributed by atoms with Crippen LogP contribution in [0.1, 0.15) is 23.4 Å². The molecule has 1 aromatic heterocycles. The van der Waals surface area contributed by atoms with Crippen LogP contribution in [-0.2, 0) is 6.42 Å². The van der Waals surface area contributed by atoms with E-state index < -0.39 is 0 Å². The van der Waals surface area contributed by atoms with E-state index >= 15 is 0 Å². The second-order valence-corrected chi connectivity index (χ2v) is 6.92. The fourth-order valence-electron chi connectivity index (χ4n) is 1.95. The molecule has 5 heteroatoms. The Balaban J connectivity index is 2.23. The molecule has 0 spiro atoms. The molecule has 0 saturated carbocycles. The number of hydrogen-bond acceptors (Lipinski definition) is 2. The normalized spacial score (nSPS) is 12.6. The van der Waals surface area contributed by atoms with Crippen molar-refractivity contribution < 1.29 is 0 Å². The van der Waals surface area contributed by atoms with Crippen molar-refractivity contribution in [3.8, 4) is 0 Å². The monoisotopic (exact) mass is 377 g/mol. The molecule has 102 valence electrons. The van der Waals surface area contributed by atoms with Crippen molar-refractivity contribution in [1.29, 1.82) is 0 Å². The predicted octanol–water partition coefficient (Wildman–Crippen LogP) is 5.71. The summed E-state index contributed by atoms with van der Waals surface area (Å²) in [4.78, 5) is 1.30. The van der Waals surface area contributed by atoms with E-state index in [9.17, 15) is 0 Å². The van der Waals surface area contributed by atoms with Gasteiger partial charge in [0, 0.05) is 30.8 Å². The summed E-state index contributed by atoms with van der Waals surface area (Å²) < 4.78 is 1.12. The lowest BCUT2D eigenvalue weighted by molar-refractivity contribution is 0.558. The minimum Gasteiger partial charge on any atom is -0.309 e. The van der Waals surface area contributed by atoms with Gasteiger partial charge in [-0.3, -0.25) is 0 Å². The molecule has 19 heavy (non-hydrogen) atoms. The number of rotatable bonds is 5.